The van der Waals surface area contributed by atoms with Gasteiger partial charge in [0.1, 0.15) is 21.2 Å². The van der Waals surface area contributed by atoms with Crippen molar-refractivity contribution in [2.45, 2.75) is 32.3 Å². The van der Waals surface area contributed by atoms with Gasteiger partial charge in [-0.3, -0.25) is 23.6 Å². The average Bonchev–Trinajstić information content (AvgIpc) is 0.759. The number of rotatable bonds is 28. The van der Waals surface area contributed by atoms with Crippen molar-refractivity contribution in [1.82, 2.24) is 15.5 Å². The molecule has 17 nitrogen and oxygen atoms in total. The number of azo groups is 2. The molecule has 508 valence electrons. The van der Waals surface area contributed by atoms with Crippen LogP contribution < -0.4 is 22.1 Å². The van der Waals surface area contributed by atoms with E-state index >= 15 is 0 Å². The molecule has 0 aliphatic rings. The molecule has 8 N–H and O–H groups in total. The number of hydrogen-bond acceptors (Lipinski definition) is 15. The Morgan fingerprint density at radius 1 is 0.416 bits per heavy atom. The molecule has 0 saturated heterocycles. The van der Waals surface area contributed by atoms with Gasteiger partial charge in [-0.1, -0.05) is 249 Å². The van der Waals surface area contributed by atoms with Gasteiger partial charge < -0.3 is 22.1 Å². The Hall–Kier alpha value is -10.6. The van der Waals surface area contributed by atoms with Crippen molar-refractivity contribution in [2.24, 2.45) is 20.5 Å². The first kappa shape index (κ1) is 70.3. The minimum Gasteiger partial charge on any atom is -0.396 e. The number of carbonyl (C=O) groups is 2. The summed E-state index contributed by atoms with van der Waals surface area (Å²) in [6, 6.07) is 90.0. The predicted octanol–water partition coefficient (Wildman–Crippen LogP) is 17.0. The zero-order valence-corrected chi connectivity index (χ0v) is 57.9. The molecule has 0 atom stereocenters. The van der Waals surface area contributed by atoms with Gasteiger partial charge in [-0.2, -0.15) is 27.1 Å². The number of nitrogens with one attached hydrogen (secondary N) is 2. The first-order chi connectivity index (χ1) is 49.0. The number of nitrogens with zero attached hydrogens (tertiary/aromatic N) is 5. The standard InChI is InChI=1S/C80H71N9O8S4/c81-77-69-37-21-19-35-67(69)73(100(92,93)94)52-71(77)87-85-64-41-39-56(40-42-64)66-44-43-65(86-88-72-53-74(101(95,96)97)68-36-20-22-38-70(68)78(72)82)51-57(66)54-84-75(90)45-47-89(48-50-99-80(61-29-13-4-14-30-61,62-31-15-5-16-32-62)63-33-17-6-18-34-63)55-76(91)83-46-49-98-79(58-23-7-1-8-24-58,59-25-9-2-10-26-59)60-27-11-3-12-28-60/h1-44,51-53H,45-50,54-55,81-82H2,(H,83,91)(H,84,90)(H,92,93,94)(H,95,96,97). The summed E-state index contributed by atoms with van der Waals surface area (Å²) in [5.74, 6) is 0.656. The van der Waals surface area contributed by atoms with Gasteiger partial charge in [0.25, 0.3) is 20.2 Å². The average molecular weight is 1410 g/mol. The van der Waals surface area contributed by atoms with E-state index in [9.17, 15) is 35.5 Å². The lowest BCUT2D eigenvalue weighted by atomic mass is 9.84. The van der Waals surface area contributed by atoms with Crippen molar-refractivity contribution in [1.29, 1.82) is 0 Å². The van der Waals surface area contributed by atoms with Crippen LogP contribution in [0.5, 0.6) is 0 Å². The molecule has 12 aromatic carbocycles. The number of nitrogen functional groups attached to an aromatic ring is 2. The Kier molecular flexibility index (Phi) is 22.1. The molecule has 0 saturated carbocycles. The summed E-state index contributed by atoms with van der Waals surface area (Å²) in [5, 5.41) is 25.1. The maximum Gasteiger partial charge on any atom is 0.295 e. The second-order valence-corrected chi connectivity index (χ2v) is 29.3. The first-order valence-electron chi connectivity index (χ1n) is 32.5. The van der Waals surface area contributed by atoms with E-state index in [1.165, 1.54) is 24.3 Å². The maximum absolute atomic E-state index is 14.5. The van der Waals surface area contributed by atoms with Gasteiger partial charge >= 0.3 is 0 Å². The van der Waals surface area contributed by atoms with Gasteiger partial charge in [0.15, 0.2) is 0 Å². The van der Waals surface area contributed by atoms with Crippen molar-refractivity contribution >= 4 is 111 Å². The lowest BCUT2D eigenvalue weighted by Gasteiger charge is -2.36. The monoisotopic (exact) mass is 1410 g/mol. The van der Waals surface area contributed by atoms with Gasteiger partial charge in [-0.05, 0) is 86.5 Å². The maximum atomic E-state index is 14.5. The van der Waals surface area contributed by atoms with E-state index in [0.29, 0.717) is 63.4 Å². The number of anilines is 2. The highest BCUT2D eigenvalue weighted by molar-refractivity contribution is 8.00. The number of amides is 2. The molecule has 0 unspecified atom stereocenters. The van der Waals surface area contributed by atoms with E-state index < -0.39 is 29.7 Å². The lowest BCUT2D eigenvalue weighted by Crippen LogP contribution is -2.41. The fraction of sp³-hybridized carbons (Fsp3) is 0.125. The smallest absolute Gasteiger partial charge is 0.295 e. The molecule has 0 spiro atoms. The van der Waals surface area contributed by atoms with Crippen LogP contribution in [-0.4, -0.2) is 80.3 Å². The number of hydrogen-bond donors (Lipinski definition) is 6. The largest absolute Gasteiger partial charge is 0.396 e. The third-order valence-corrected chi connectivity index (χ3v) is 22.3. The van der Waals surface area contributed by atoms with Gasteiger partial charge in [0, 0.05) is 65.7 Å². The van der Waals surface area contributed by atoms with Crippen molar-refractivity contribution < 1.29 is 35.5 Å². The third-order valence-electron chi connectivity index (χ3n) is 17.5. The molecule has 0 radical (unpaired) electrons. The lowest BCUT2D eigenvalue weighted by molar-refractivity contribution is -0.124. The molecule has 101 heavy (non-hydrogen) atoms. The van der Waals surface area contributed by atoms with Crippen molar-refractivity contribution in [3.8, 4) is 11.1 Å². The number of carbonyl (C=O) groups excluding carboxylic acids is 2. The van der Waals surface area contributed by atoms with Crippen LogP contribution >= 0.6 is 23.5 Å². The topological polar surface area (TPSA) is 272 Å². The minimum absolute atomic E-state index is 0.000467. The number of fused-ring (bicyclic) bond motifs is 2. The van der Waals surface area contributed by atoms with Gasteiger partial charge in [0.2, 0.25) is 11.8 Å². The summed E-state index contributed by atoms with van der Waals surface area (Å²) in [6.07, 6.45) is 0.0158. The molecule has 12 rings (SSSR count). The highest BCUT2D eigenvalue weighted by Gasteiger charge is 2.38. The fourth-order valence-corrected chi connectivity index (χ4v) is 17.0. The summed E-state index contributed by atoms with van der Waals surface area (Å²) >= 11 is 3.53. The molecule has 12 aromatic rings. The second-order valence-electron chi connectivity index (χ2n) is 23.9. The van der Waals surface area contributed by atoms with Crippen molar-refractivity contribution in [3.63, 3.8) is 0 Å². The molecule has 0 aliphatic heterocycles. The van der Waals surface area contributed by atoms with E-state index in [2.05, 4.69) is 140 Å². The molecular formula is C80H71N9O8S4. The minimum atomic E-state index is -4.71. The van der Waals surface area contributed by atoms with Crippen molar-refractivity contribution in [2.75, 3.05) is 49.2 Å². The normalized spacial score (nSPS) is 12.2. The quantitative estimate of drug-likeness (QED) is 0.00876. The van der Waals surface area contributed by atoms with E-state index in [1.807, 2.05) is 77.7 Å². The number of benzene rings is 12. The molecule has 0 aromatic heterocycles. The summed E-state index contributed by atoms with van der Waals surface area (Å²) in [4.78, 5) is 30.3. The molecular weight excluding hydrogens is 1340 g/mol. The summed E-state index contributed by atoms with van der Waals surface area (Å²) < 4.78 is 69.4. The zero-order valence-electron chi connectivity index (χ0n) is 54.7. The predicted molar refractivity (Wildman–Crippen MR) is 406 cm³/mol. The van der Waals surface area contributed by atoms with E-state index in [0.717, 1.165) is 33.4 Å². The molecule has 2 amide bonds. The Morgan fingerprint density at radius 3 is 1.21 bits per heavy atom. The zero-order chi connectivity index (χ0) is 70.4. The molecule has 0 fully saturated rings. The summed E-state index contributed by atoms with van der Waals surface area (Å²) in [6.45, 7) is 1.04. The van der Waals surface area contributed by atoms with Crippen LogP contribution in [0.1, 0.15) is 45.4 Å². The Bertz CT molecular complexity index is 5010. The molecule has 0 bridgehead atoms. The highest BCUT2D eigenvalue weighted by atomic mass is 32.2. The van der Waals surface area contributed by atoms with Crippen LogP contribution in [0, 0.1) is 0 Å². The Balaban J connectivity index is 0.816. The van der Waals surface area contributed by atoms with E-state index in [-0.39, 0.29) is 81.2 Å². The van der Waals surface area contributed by atoms with Gasteiger partial charge in [0.05, 0.1) is 38.8 Å². The third kappa shape index (κ3) is 16.2. The van der Waals surface area contributed by atoms with Gasteiger partial charge in [-0.15, -0.1) is 33.8 Å². The fourth-order valence-electron chi connectivity index (χ4n) is 12.6. The Labute approximate surface area is 595 Å². The molecule has 0 heterocycles. The van der Waals surface area contributed by atoms with E-state index in [4.69, 9.17) is 11.5 Å². The molecule has 0 aliphatic carbocycles. The van der Waals surface area contributed by atoms with Crippen LogP contribution in [0.15, 0.2) is 315 Å². The van der Waals surface area contributed by atoms with Gasteiger partial charge in [-0.25, -0.2) is 0 Å². The van der Waals surface area contributed by atoms with Crippen molar-refractivity contribution in [3.05, 3.63) is 324 Å². The highest BCUT2D eigenvalue weighted by Crippen LogP contribution is 2.50. The summed E-state index contributed by atoms with van der Waals surface area (Å²) in [7, 11) is -9.38. The first-order valence-corrected chi connectivity index (χ1v) is 37.4. The second kappa shape index (κ2) is 31.7. The van der Waals surface area contributed by atoms with Crippen LogP contribution in [0.3, 0.4) is 0 Å². The Morgan fingerprint density at radius 2 is 0.792 bits per heavy atom. The molecule has 21 heteroatoms. The number of thioether (sulfide) groups is 2. The SMILES string of the molecule is Nc1c(N=Nc2ccc(-c3ccc(N=Nc4cc(S(=O)(=O)O)c5ccccc5c4N)cc3CNC(=O)CCN(CCSC(c3ccccc3)(c3ccccc3)c3ccccc3)CC(=O)NCCSC(c3ccccc3)(c3ccccc3)c3ccccc3)cc2)cc(S(=O)(=O)O)c2ccccc12. The van der Waals surface area contributed by atoms with Crippen LogP contribution in [0.2, 0.25) is 0 Å². The number of nitrogens with two attached hydrogens (primary N) is 2. The van der Waals surface area contributed by atoms with Crippen LogP contribution in [0.4, 0.5) is 34.1 Å². The van der Waals surface area contributed by atoms with E-state index in [1.54, 1.807) is 102 Å². The van der Waals surface area contributed by atoms with Crippen LogP contribution in [0.25, 0.3) is 32.7 Å². The van der Waals surface area contributed by atoms with Crippen LogP contribution in [-0.2, 0) is 45.9 Å². The summed E-state index contributed by atoms with van der Waals surface area (Å²) in [5.41, 5.74) is 22.7.